The molecule has 0 saturated heterocycles. The van der Waals surface area contributed by atoms with Gasteiger partial charge in [0.1, 0.15) is 5.54 Å². The Morgan fingerprint density at radius 2 is 1.83 bits per heavy atom. The molecule has 0 aliphatic heterocycles. The van der Waals surface area contributed by atoms with Crippen LogP contribution in [0.2, 0.25) is 0 Å². The molecule has 2 aliphatic rings. The molecule has 102 valence electrons. The lowest BCUT2D eigenvalue weighted by atomic mass is 9.80. The third kappa shape index (κ3) is 2.68. The average molecular weight is 252 g/mol. The van der Waals surface area contributed by atoms with Gasteiger partial charge in [-0.15, -0.1) is 0 Å². The van der Waals surface area contributed by atoms with Crippen LogP contribution < -0.4 is 10.6 Å². The highest BCUT2D eigenvalue weighted by Crippen LogP contribution is 2.39. The normalized spacial score (nSPS) is 29.4. The van der Waals surface area contributed by atoms with Crippen molar-refractivity contribution in [1.82, 2.24) is 10.6 Å². The SMILES string of the molecule is CCNC(=O)C1(NC(=O)[C@H]2C[C@H]2C)CCCCC1. The Morgan fingerprint density at radius 3 is 2.33 bits per heavy atom. The van der Waals surface area contributed by atoms with E-state index < -0.39 is 5.54 Å². The second-order valence-corrected chi connectivity index (χ2v) is 5.81. The van der Waals surface area contributed by atoms with Gasteiger partial charge in [-0.1, -0.05) is 26.2 Å². The van der Waals surface area contributed by atoms with Crippen molar-refractivity contribution in [2.75, 3.05) is 6.54 Å². The van der Waals surface area contributed by atoms with E-state index in [-0.39, 0.29) is 17.7 Å². The second-order valence-electron chi connectivity index (χ2n) is 5.81. The van der Waals surface area contributed by atoms with Gasteiger partial charge in [0.05, 0.1) is 0 Å². The van der Waals surface area contributed by atoms with Crippen LogP contribution in [-0.4, -0.2) is 23.9 Å². The van der Waals surface area contributed by atoms with Gasteiger partial charge in [-0.2, -0.15) is 0 Å². The highest BCUT2D eigenvalue weighted by Gasteiger charge is 2.46. The number of carbonyl (C=O) groups excluding carboxylic acids is 2. The van der Waals surface area contributed by atoms with Crippen molar-refractivity contribution in [3.8, 4) is 0 Å². The second kappa shape index (κ2) is 5.29. The van der Waals surface area contributed by atoms with Crippen LogP contribution in [0.15, 0.2) is 0 Å². The Bertz CT molecular complexity index is 335. The highest BCUT2D eigenvalue weighted by molar-refractivity contribution is 5.93. The van der Waals surface area contributed by atoms with E-state index in [9.17, 15) is 9.59 Å². The van der Waals surface area contributed by atoms with E-state index in [1.54, 1.807) is 0 Å². The smallest absolute Gasteiger partial charge is 0.245 e. The summed E-state index contributed by atoms with van der Waals surface area (Å²) >= 11 is 0. The van der Waals surface area contributed by atoms with Gasteiger partial charge in [-0.05, 0) is 32.1 Å². The molecule has 0 bridgehead atoms. The number of hydrogen-bond acceptors (Lipinski definition) is 2. The van der Waals surface area contributed by atoms with Crippen molar-refractivity contribution in [3.05, 3.63) is 0 Å². The van der Waals surface area contributed by atoms with Crippen LogP contribution in [-0.2, 0) is 9.59 Å². The van der Waals surface area contributed by atoms with E-state index in [1.165, 1.54) is 0 Å². The monoisotopic (exact) mass is 252 g/mol. The number of carbonyl (C=O) groups is 2. The summed E-state index contributed by atoms with van der Waals surface area (Å²) in [5, 5.41) is 5.94. The lowest BCUT2D eigenvalue weighted by Crippen LogP contribution is -2.60. The van der Waals surface area contributed by atoms with E-state index in [0.717, 1.165) is 38.5 Å². The zero-order valence-corrected chi connectivity index (χ0v) is 11.4. The largest absolute Gasteiger partial charge is 0.354 e. The Hall–Kier alpha value is -1.06. The molecule has 0 aromatic carbocycles. The lowest BCUT2D eigenvalue weighted by molar-refractivity contribution is -0.135. The molecule has 0 unspecified atom stereocenters. The van der Waals surface area contributed by atoms with Crippen LogP contribution in [0.25, 0.3) is 0 Å². The molecule has 2 saturated carbocycles. The van der Waals surface area contributed by atoms with Crippen molar-refractivity contribution in [2.24, 2.45) is 11.8 Å². The molecule has 2 rings (SSSR count). The fourth-order valence-corrected chi connectivity index (χ4v) is 2.91. The Kier molecular flexibility index (Phi) is 3.93. The van der Waals surface area contributed by atoms with Crippen molar-refractivity contribution in [2.45, 2.75) is 57.9 Å². The predicted octanol–water partition coefficient (Wildman–Crippen LogP) is 1.60. The van der Waals surface area contributed by atoms with Crippen LogP contribution in [0.4, 0.5) is 0 Å². The maximum absolute atomic E-state index is 12.3. The van der Waals surface area contributed by atoms with Gasteiger partial charge >= 0.3 is 0 Å². The molecule has 0 radical (unpaired) electrons. The minimum absolute atomic E-state index is 0.00588. The zero-order valence-electron chi connectivity index (χ0n) is 11.4. The summed E-state index contributed by atoms with van der Waals surface area (Å²) in [6.45, 7) is 4.62. The number of hydrogen-bond donors (Lipinski definition) is 2. The van der Waals surface area contributed by atoms with Gasteiger partial charge in [0, 0.05) is 12.5 Å². The molecular formula is C14H24N2O2. The summed E-state index contributed by atoms with van der Waals surface area (Å²) in [7, 11) is 0. The van der Waals surface area contributed by atoms with Crippen molar-refractivity contribution in [1.29, 1.82) is 0 Å². The highest BCUT2D eigenvalue weighted by atomic mass is 16.2. The first-order chi connectivity index (χ1) is 8.59. The fraction of sp³-hybridized carbons (Fsp3) is 0.857. The quantitative estimate of drug-likeness (QED) is 0.798. The van der Waals surface area contributed by atoms with Crippen LogP contribution >= 0.6 is 0 Å². The molecule has 4 nitrogen and oxygen atoms in total. The van der Waals surface area contributed by atoms with E-state index in [4.69, 9.17) is 0 Å². The third-order valence-electron chi connectivity index (χ3n) is 4.29. The number of amides is 2. The van der Waals surface area contributed by atoms with Crippen LogP contribution in [0.3, 0.4) is 0 Å². The first-order valence-electron chi connectivity index (χ1n) is 7.19. The summed E-state index contributed by atoms with van der Waals surface area (Å²) in [4.78, 5) is 24.4. The topological polar surface area (TPSA) is 58.2 Å². The van der Waals surface area contributed by atoms with E-state index in [0.29, 0.717) is 12.5 Å². The summed E-state index contributed by atoms with van der Waals surface area (Å²) in [5.41, 5.74) is -0.631. The molecule has 0 aromatic rings. The molecule has 0 aromatic heterocycles. The van der Waals surface area contributed by atoms with Gasteiger partial charge in [0.25, 0.3) is 0 Å². The minimum atomic E-state index is -0.631. The summed E-state index contributed by atoms with van der Waals surface area (Å²) < 4.78 is 0. The number of likely N-dealkylation sites (N-methyl/N-ethyl adjacent to an activating group) is 1. The summed E-state index contributed by atoms with van der Waals surface area (Å²) in [5.74, 6) is 0.708. The first-order valence-corrected chi connectivity index (χ1v) is 7.19. The molecular weight excluding hydrogens is 228 g/mol. The predicted molar refractivity (Wildman–Crippen MR) is 69.9 cm³/mol. The maximum Gasteiger partial charge on any atom is 0.245 e. The van der Waals surface area contributed by atoms with Gasteiger partial charge < -0.3 is 10.6 Å². The maximum atomic E-state index is 12.3. The lowest BCUT2D eigenvalue weighted by Gasteiger charge is -2.36. The summed E-state index contributed by atoms with van der Waals surface area (Å²) in [6, 6.07) is 0. The molecule has 4 heteroatoms. The molecule has 2 N–H and O–H groups in total. The molecule has 0 heterocycles. The van der Waals surface area contributed by atoms with Crippen LogP contribution in [0.1, 0.15) is 52.4 Å². The average Bonchev–Trinajstić information content (AvgIpc) is 3.08. The van der Waals surface area contributed by atoms with Gasteiger partial charge in [0.15, 0.2) is 0 Å². The molecule has 2 atom stereocenters. The molecule has 18 heavy (non-hydrogen) atoms. The van der Waals surface area contributed by atoms with Crippen molar-refractivity contribution < 1.29 is 9.59 Å². The number of rotatable bonds is 4. The van der Waals surface area contributed by atoms with Gasteiger partial charge in [0.2, 0.25) is 11.8 Å². The molecule has 2 aliphatic carbocycles. The third-order valence-corrected chi connectivity index (χ3v) is 4.29. The zero-order chi connectivity index (χ0) is 13.2. The van der Waals surface area contributed by atoms with Gasteiger partial charge in [-0.3, -0.25) is 9.59 Å². The molecule has 2 fully saturated rings. The standard InChI is InChI=1S/C14H24N2O2/c1-3-15-13(18)14(7-5-4-6-8-14)16-12(17)11-9-10(11)2/h10-11H,3-9H2,1-2H3,(H,15,18)(H,16,17)/t10-,11+/m1/s1. The number of nitrogens with one attached hydrogen (secondary N) is 2. The van der Waals surface area contributed by atoms with Crippen LogP contribution in [0, 0.1) is 11.8 Å². The van der Waals surface area contributed by atoms with E-state index in [1.807, 2.05) is 6.92 Å². The summed E-state index contributed by atoms with van der Waals surface area (Å²) in [6.07, 6.45) is 5.75. The van der Waals surface area contributed by atoms with Crippen molar-refractivity contribution in [3.63, 3.8) is 0 Å². The van der Waals surface area contributed by atoms with E-state index >= 15 is 0 Å². The fourth-order valence-electron chi connectivity index (χ4n) is 2.91. The minimum Gasteiger partial charge on any atom is -0.354 e. The first kappa shape index (κ1) is 13.4. The molecule has 2 amide bonds. The van der Waals surface area contributed by atoms with Crippen molar-refractivity contribution >= 4 is 11.8 Å². The Balaban J connectivity index is 2.04. The Labute approximate surface area is 109 Å². The van der Waals surface area contributed by atoms with Crippen LogP contribution in [0.5, 0.6) is 0 Å². The molecule has 0 spiro atoms. The van der Waals surface area contributed by atoms with E-state index in [2.05, 4.69) is 17.6 Å². The van der Waals surface area contributed by atoms with Gasteiger partial charge in [-0.25, -0.2) is 0 Å². The Morgan fingerprint density at radius 1 is 1.22 bits per heavy atom.